The zero-order valence-corrected chi connectivity index (χ0v) is 15.3. The maximum atomic E-state index is 12.1. The number of amides is 2. The zero-order chi connectivity index (χ0) is 17.9. The molecule has 0 aromatic carbocycles. The fourth-order valence-electron chi connectivity index (χ4n) is 2.70. The molecule has 1 aliphatic rings. The number of rotatable bonds is 6. The van der Waals surface area contributed by atoms with Crippen LogP contribution in [0.1, 0.15) is 30.1 Å². The Morgan fingerprint density at radius 2 is 2.15 bits per heavy atom. The van der Waals surface area contributed by atoms with Gasteiger partial charge < -0.3 is 5.32 Å². The summed E-state index contributed by atoms with van der Waals surface area (Å²) in [7, 11) is 1.84. The minimum Gasteiger partial charge on any atom is -0.337 e. The van der Waals surface area contributed by atoms with Crippen molar-refractivity contribution in [1.82, 2.24) is 25.1 Å². The number of nitrogens with zero attached hydrogens (tertiary/aromatic N) is 4. The molecule has 26 heavy (non-hydrogen) atoms. The first-order chi connectivity index (χ1) is 12.7. The van der Waals surface area contributed by atoms with Crippen molar-refractivity contribution < 1.29 is 4.79 Å². The van der Waals surface area contributed by atoms with Crippen LogP contribution in [0.5, 0.6) is 0 Å². The van der Waals surface area contributed by atoms with Gasteiger partial charge in [0.1, 0.15) is 10.8 Å². The Kier molecular flexibility index (Phi) is 4.66. The van der Waals surface area contributed by atoms with Crippen LogP contribution in [-0.4, -0.2) is 32.3 Å². The number of hydrogen-bond donors (Lipinski definition) is 2. The molecule has 1 fully saturated rings. The number of thiazole rings is 1. The molecule has 3 heterocycles. The van der Waals surface area contributed by atoms with Gasteiger partial charge in [-0.2, -0.15) is 5.10 Å². The normalized spacial score (nSPS) is 13.6. The van der Waals surface area contributed by atoms with Gasteiger partial charge in [-0.25, -0.2) is 9.78 Å². The van der Waals surface area contributed by atoms with E-state index in [1.165, 1.54) is 12.8 Å². The van der Waals surface area contributed by atoms with E-state index in [0.29, 0.717) is 18.9 Å². The van der Waals surface area contributed by atoms with Crippen LogP contribution in [0.4, 0.5) is 10.6 Å². The van der Waals surface area contributed by atoms with Crippen LogP contribution < -0.4 is 10.6 Å². The van der Waals surface area contributed by atoms with Gasteiger partial charge in [0.15, 0.2) is 0 Å². The molecule has 1 saturated carbocycles. The maximum Gasteiger partial charge on any atom is 0.320 e. The third kappa shape index (κ3) is 3.91. The van der Waals surface area contributed by atoms with Gasteiger partial charge in [0.05, 0.1) is 11.4 Å². The highest BCUT2D eigenvalue weighted by atomic mass is 32.1. The standard InChI is InChI=1S/C18H20N6OS/c1-24-16(10-15(23-24)12-2-3-12)22-18(25)20-9-6-14-11-26-17(21-14)13-4-7-19-8-5-13/h4-5,7-8,10-12H,2-3,6,9H2,1H3,(H2,20,22,25). The van der Waals surface area contributed by atoms with Crippen LogP contribution >= 0.6 is 11.3 Å². The molecule has 2 N–H and O–H groups in total. The third-order valence-electron chi connectivity index (χ3n) is 4.28. The predicted molar refractivity (Wildman–Crippen MR) is 101 cm³/mol. The molecule has 0 aliphatic heterocycles. The molecular weight excluding hydrogens is 348 g/mol. The lowest BCUT2D eigenvalue weighted by atomic mass is 10.3. The highest BCUT2D eigenvalue weighted by molar-refractivity contribution is 7.13. The number of nitrogens with one attached hydrogen (secondary N) is 2. The van der Waals surface area contributed by atoms with E-state index in [4.69, 9.17) is 0 Å². The van der Waals surface area contributed by atoms with Gasteiger partial charge in [0, 0.05) is 55.3 Å². The van der Waals surface area contributed by atoms with Crippen molar-refractivity contribution in [3.63, 3.8) is 0 Å². The van der Waals surface area contributed by atoms with E-state index >= 15 is 0 Å². The Hall–Kier alpha value is -2.74. The van der Waals surface area contributed by atoms with E-state index in [-0.39, 0.29) is 6.03 Å². The van der Waals surface area contributed by atoms with Gasteiger partial charge in [-0.3, -0.25) is 15.0 Å². The molecule has 0 radical (unpaired) electrons. The Morgan fingerprint density at radius 1 is 1.35 bits per heavy atom. The molecule has 7 nitrogen and oxygen atoms in total. The van der Waals surface area contributed by atoms with Crippen molar-refractivity contribution in [2.24, 2.45) is 7.05 Å². The van der Waals surface area contributed by atoms with E-state index in [1.54, 1.807) is 28.4 Å². The summed E-state index contributed by atoms with van der Waals surface area (Å²) in [5.74, 6) is 1.29. The first-order valence-corrected chi connectivity index (χ1v) is 9.50. The Labute approximate surface area is 155 Å². The lowest BCUT2D eigenvalue weighted by Gasteiger charge is -2.06. The maximum absolute atomic E-state index is 12.1. The fraction of sp³-hybridized carbons (Fsp3) is 0.333. The van der Waals surface area contributed by atoms with Crippen LogP contribution in [0.3, 0.4) is 0 Å². The number of carbonyl (C=O) groups excluding carboxylic acids is 1. The number of pyridine rings is 1. The summed E-state index contributed by atoms with van der Waals surface area (Å²) in [5, 5.41) is 13.2. The van der Waals surface area contributed by atoms with E-state index in [0.717, 1.165) is 27.8 Å². The number of anilines is 1. The number of aromatic nitrogens is 4. The lowest BCUT2D eigenvalue weighted by molar-refractivity contribution is 0.252. The lowest BCUT2D eigenvalue weighted by Crippen LogP contribution is -2.31. The first-order valence-electron chi connectivity index (χ1n) is 8.62. The minimum atomic E-state index is -0.222. The van der Waals surface area contributed by atoms with E-state index in [1.807, 2.05) is 30.6 Å². The van der Waals surface area contributed by atoms with E-state index in [2.05, 4.69) is 25.7 Å². The van der Waals surface area contributed by atoms with Gasteiger partial charge in [-0.05, 0) is 25.0 Å². The van der Waals surface area contributed by atoms with Gasteiger partial charge in [-0.1, -0.05) is 0 Å². The highest BCUT2D eigenvalue weighted by Gasteiger charge is 2.27. The topological polar surface area (TPSA) is 84.7 Å². The van der Waals surface area contributed by atoms with Gasteiger partial charge in [0.25, 0.3) is 0 Å². The summed E-state index contributed by atoms with van der Waals surface area (Å²) >= 11 is 1.60. The van der Waals surface area contributed by atoms with E-state index in [9.17, 15) is 4.79 Å². The molecule has 134 valence electrons. The summed E-state index contributed by atoms with van der Waals surface area (Å²) in [6.45, 7) is 0.526. The van der Waals surface area contributed by atoms with Crippen molar-refractivity contribution in [3.05, 3.63) is 47.4 Å². The van der Waals surface area contributed by atoms with Crippen molar-refractivity contribution >= 4 is 23.2 Å². The van der Waals surface area contributed by atoms with Gasteiger partial charge >= 0.3 is 6.03 Å². The zero-order valence-electron chi connectivity index (χ0n) is 14.5. The Morgan fingerprint density at radius 3 is 2.92 bits per heavy atom. The molecule has 0 spiro atoms. The molecule has 3 aromatic heterocycles. The summed E-state index contributed by atoms with van der Waals surface area (Å²) < 4.78 is 1.72. The average molecular weight is 368 g/mol. The second-order valence-corrected chi connectivity index (χ2v) is 7.22. The minimum absolute atomic E-state index is 0.222. The molecule has 0 unspecified atom stereocenters. The number of carbonyl (C=O) groups is 1. The van der Waals surface area contributed by atoms with Gasteiger partial charge in [-0.15, -0.1) is 11.3 Å². The molecule has 3 aromatic rings. The molecule has 4 rings (SSSR count). The van der Waals surface area contributed by atoms with E-state index < -0.39 is 0 Å². The highest BCUT2D eigenvalue weighted by Crippen LogP contribution is 2.39. The largest absolute Gasteiger partial charge is 0.337 e. The Balaban J connectivity index is 1.27. The third-order valence-corrected chi connectivity index (χ3v) is 5.22. The molecule has 2 amide bonds. The average Bonchev–Trinajstić information content (AvgIpc) is 3.29. The predicted octanol–water partition coefficient (Wildman–Crippen LogP) is 3.18. The number of hydrogen-bond acceptors (Lipinski definition) is 5. The van der Waals surface area contributed by atoms with Crippen LogP contribution in [0.25, 0.3) is 10.6 Å². The fourth-order valence-corrected chi connectivity index (χ4v) is 3.56. The van der Waals surface area contributed by atoms with Crippen LogP contribution in [0.2, 0.25) is 0 Å². The molecule has 0 bridgehead atoms. The molecule has 0 saturated heterocycles. The summed E-state index contributed by atoms with van der Waals surface area (Å²) in [6, 6.07) is 5.62. The van der Waals surface area contributed by atoms with Gasteiger partial charge in [0.2, 0.25) is 0 Å². The quantitative estimate of drug-likeness (QED) is 0.700. The Bertz CT molecular complexity index is 900. The van der Waals surface area contributed by atoms with Crippen molar-refractivity contribution in [2.75, 3.05) is 11.9 Å². The van der Waals surface area contributed by atoms with Crippen LogP contribution in [0, 0.1) is 0 Å². The molecule has 8 heteroatoms. The van der Waals surface area contributed by atoms with Crippen molar-refractivity contribution in [3.8, 4) is 10.6 Å². The van der Waals surface area contributed by atoms with Crippen LogP contribution in [-0.2, 0) is 13.5 Å². The molecular formula is C18H20N6OS. The molecule has 0 atom stereocenters. The number of aryl methyl sites for hydroxylation is 1. The van der Waals surface area contributed by atoms with Crippen molar-refractivity contribution in [1.29, 1.82) is 0 Å². The summed E-state index contributed by atoms with van der Waals surface area (Å²) in [6.07, 6.45) is 6.59. The first kappa shape index (κ1) is 16.7. The summed E-state index contributed by atoms with van der Waals surface area (Å²) in [4.78, 5) is 20.7. The second-order valence-electron chi connectivity index (χ2n) is 6.36. The number of urea groups is 1. The molecule has 1 aliphatic carbocycles. The van der Waals surface area contributed by atoms with Crippen molar-refractivity contribution in [2.45, 2.75) is 25.2 Å². The smallest absolute Gasteiger partial charge is 0.320 e. The SMILES string of the molecule is Cn1nc(C2CC2)cc1NC(=O)NCCc1csc(-c2ccncc2)n1. The monoisotopic (exact) mass is 368 g/mol. The summed E-state index contributed by atoms with van der Waals surface area (Å²) in [5.41, 5.74) is 3.09. The van der Waals surface area contributed by atoms with Crippen LogP contribution in [0.15, 0.2) is 36.0 Å². The second kappa shape index (κ2) is 7.25.